The van der Waals surface area contributed by atoms with Gasteiger partial charge in [-0.2, -0.15) is 0 Å². The zero-order valence-corrected chi connectivity index (χ0v) is 20.2. The van der Waals surface area contributed by atoms with Crippen molar-refractivity contribution in [3.8, 4) is 5.75 Å². The molecule has 1 atom stereocenters. The first-order valence-corrected chi connectivity index (χ1v) is 12.0. The minimum atomic E-state index is -0.628. The molecule has 0 unspecified atom stereocenters. The molecule has 2 amide bonds. The quantitative estimate of drug-likeness (QED) is 0.358. The van der Waals surface area contributed by atoms with Gasteiger partial charge in [-0.1, -0.05) is 42.0 Å². The van der Waals surface area contributed by atoms with Crippen molar-refractivity contribution in [2.45, 2.75) is 25.9 Å². The van der Waals surface area contributed by atoms with E-state index in [0.717, 1.165) is 33.9 Å². The maximum Gasteiger partial charge on any atom is 0.261 e. The molecule has 7 heteroatoms. The van der Waals surface area contributed by atoms with Crippen molar-refractivity contribution in [2.24, 2.45) is 0 Å². The summed E-state index contributed by atoms with van der Waals surface area (Å²) in [6.07, 6.45) is 0.426. The van der Waals surface area contributed by atoms with E-state index in [1.54, 1.807) is 24.3 Å². The van der Waals surface area contributed by atoms with Crippen molar-refractivity contribution in [1.82, 2.24) is 9.47 Å². The fourth-order valence-corrected chi connectivity index (χ4v) is 4.88. The second kappa shape index (κ2) is 9.47. The predicted molar refractivity (Wildman–Crippen MR) is 140 cm³/mol. The van der Waals surface area contributed by atoms with Crippen LogP contribution in [0.25, 0.3) is 21.8 Å². The molecular formula is C28H26ClN3O3. The Hall–Kier alpha value is -3.77. The van der Waals surface area contributed by atoms with Gasteiger partial charge in [0.1, 0.15) is 11.8 Å². The maximum absolute atomic E-state index is 13.2. The van der Waals surface area contributed by atoms with Gasteiger partial charge in [0, 0.05) is 45.6 Å². The van der Waals surface area contributed by atoms with Crippen LogP contribution in [0.1, 0.15) is 13.3 Å². The van der Waals surface area contributed by atoms with Gasteiger partial charge in [-0.3, -0.25) is 9.59 Å². The van der Waals surface area contributed by atoms with Gasteiger partial charge in [-0.05, 0) is 61.9 Å². The minimum absolute atomic E-state index is 0.166. The summed E-state index contributed by atoms with van der Waals surface area (Å²) in [7, 11) is 0. The van der Waals surface area contributed by atoms with E-state index in [1.807, 2.05) is 30.3 Å². The Balaban J connectivity index is 1.33. The summed E-state index contributed by atoms with van der Waals surface area (Å²) >= 11 is 5.90. The number of anilines is 1. The second-order valence-corrected chi connectivity index (χ2v) is 9.15. The molecule has 1 aliphatic rings. The van der Waals surface area contributed by atoms with Crippen LogP contribution in [-0.2, 0) is 16.1 Å². The number of hydrogen-bond donors (Lipinski definition) is 1. The van der Waals surface area contributed by atoms with Crippen molar-refractivity contribution in [3.05, 3.63) is 83.9 Å². The zero-order chi connectivity index (χ0) is 24.5. The topological polar surface area (TPSA) is 63.6 Å². The first-order chi connectivity index (χ1) is 16.9. The highest BCUT2D eigenvalue weighted by Gasteiger charge is 2.36. The van der Waals surface area contributed by atoms with Gasteiger partial charge >= 0.3 is 0 Å². The highest BCUT2D eigenvalue weighted by Crippen LogP contribution is 2.31. The van der Waals surface area contributed by atoms with Crippen molar-refractivity contribution >= 4 is 50.9 Å². The highest BCUT2D eigenvalue weighted by atomic mass is 35.5. The Morgan fingerprint density at radius 2 is 1.80 bits per heavy atom. The van der Waals surface area contributed by atoms with Crippen LogP contribution in [0.3, 0.4) is 0 Å². The summed E-state index contributed by atoms with van der Waals surface area (Å²) in [5.74, 6) is 0.0450. The van der Waals surface area contributed by atoms with Crippen LogP contribution in [-0.4, -0.2) is 40.5 Å². The summed E-state index contributed by atoms with van der Waals surface area (Å²) < 4.78 is 7.87. The van der Waals surface area contributed by atoms with Crippen molar-refractivity contribution in [1.29, 1.82) is 0 Å². The third kappa shape index (κ3) is 4.49. The summed E-state index contributed by atoms with van der Waals surface area (Å²) in [5.41, 5.74) is 3.82. The smallest absolute Gasteiger partial charge is 0.261 e. The number of para-hydroxylation sites is 1. The number of likely N-dealkylation sites (tertiary alicyclic amines) is 1. The standard InChI is InChI=1S/C28H26ClN3O3/c1-3-31-24-7-5-4-6-22(24)23-15-20(10-13-25(23)31)30-28(34)26-14-18(2)16-32(26)27(33)17-35-21-11-8-19(29)9-12-21/h4-13,15,26H,2-3,14,16-17H2,1H3,(H,30,34)/t26-/m0/s1. The number of fused-ring (bicyclic) bond motifs is 3. The Morgan fingerprint density at radius 3 is 2.57 bits per heavy atom. The number of ether oxygens (including phenoxy) is 1. The number of carbonyl (C=O) groups excluding carboxylic acids is 2. The Morgan fingerprint density at radius 1 is 1.06 bits per heavy atom. The number of rotatable bonds is 6. The van der Waals surface area contributed by atoms with E-state index >= 15 is 0 Å². The largest absolute Gasteiger partial charge is 0.484 e. The lowest BCUT2D eigenvalue weighted by molar-refractivity contribution is -0.138. The number of halogens is 1. The van der Waals surface area contributed by atoms with Crippen LogP contribution < -0.4 is 10.1 Å². The molecule has 0 radical (unpaired) electrons. The lowest BCUT2D eigenvalue weighted by atomic mass is 10.1. The predicted octanol–water partition coefficient (Wildman–Crippen LogP) is 5.64. The molecule has 1 saturated heterocycles. The monoisotopic (exact) mass is 487 g/mol. The lowest BCUT2D eigenvalue weighted by Gasteiger charge is -2.23. The van der Waals surface area contributed by atoms with E-state index in [0.29, 0.717) is 29.4 Å². The van der Waals surface area contributed by atoms with Gasteiger partial charge < -0.3 is 19.5 Å². The van der Waals surface area contributed by atoms with E-state index in [2.05, 4.69) is 35.5 Å². The van der Waals surface area contributed by atoms with E-state index < -0.39 is 6.04 Å². The highest BCUT2D eigenvalue weighted by molar-refractivity contribution is 6.30. The van der Waals surface area contributed by atoms with Gasteiger partial charge in [-0.15, -0.1) is 0 Å². The molecule has 0 bridgehead atoms. The molecule has 0 spiro atoms. The summed E-state index contributed by atoms with van der Waals surface area (Å²) in [4.78, 5) is 27.7. The van der Waals surface area contributed by atoms with Crippen LogP contribution in [0.5, 0.6) is 5.75 Å². The number of aromatic nitrogens is 1. The van der Waals surface area contributed by atoms with Gasteiger partial charge in [0.25, 0.3) is 5.91 Å². The van der Waals surface area contributed by atoms with Crippen molar-refractivity contribution < 1.29 is 14.3 Å². The second-order valence-electron chi connectivity index (χ2n) is 8.72. The molecular weight excluding hydrogens is 462 g/mol. The molecule has 5 rings (SSSR count). The summed E-state index contributed by atoms with van der Waals surface area (Å²) in [5, 5.41) is 5.83. The molecule has 1 aliphatic heterocycles. The maximum atomic E-state index is 13.2. The molecule has 178 valence electrons. The number of hydrogen-bond acceptors (Lipinski definition) is 3. The van der Waals surface area contributed by atoms with Crippen LogP contribution in [0, 0.1) is 0 Å². The molecule has 1 N–H and O–H groups in total. The number of amides is 2. The molecule has 35 heavy (non-hydrogen) atoms. The van der Waals surface area contributed by atoms with E-state index in [9.17, 15) is 9.59 Å². The number of benzene rings is 3. The van der Waals surface area contributed by atoms with Gasteiger partial charge in [0.15, 0.2) is 6.61 Å². The first kappa shape index (κ1) is 23.0. The van der Waals surface area contributed by atoms with Crippen LogP contribution in [0.2, 0.25) is 5.02 Å². The van der Waals surface area contributed by atoms with Crippen LogP contribution >= 0.6 is 11.6 Å². The number of nitrogens with zero attached hydrogens (tertiary/aromatic N) is 2. The fourth-order valence-electron chi connectivity index (χ4n) is 4.75. The molecule has 2 heterocycles. The molecule has 0 aliphatic carbocycles. The van der Waals surface area contributed by atoms with Gasteiger partial charge in [-0.25, -0.2) is 0 Å². The summed E-state index contributed by atoms with van der Waals surface area (Å²) in [6.45, 7) is 7.16. The number of nitrogens with one attached hydrogen (secondary N) is 1. The van der Waals surface area contributed by atoms with E-state index in [1.165, 1.54) is 4.90 Å². The molecule has 1 fully saturated rings. The van der Waals surface area contributed by atoms with Crippen LogP contribution in [0.4, 0.5) is 5.69 Å². The van der Waals surface area contributed by atoms with Gasteiger partial charge in [0.2, 0.25) is 5.91 Å². The minimum Gasteiger partial charge on any atom is -0.484 e. The third-order valence-electron chi connectivity index (χ3n) is 6.41. The van der Waals surface area contributed by atoms with Crippen molar-refractivity contribution in [2.75, 3.05) is 18.5 Å². The normalized spacial score (nSPS) is 15.7. The Bertz CT molecular complexity index is 1440. The molecule has 4 aromatic rings. The van der Waals surface area contributed by atoms with Crippen LogP contribution in [0.15, 0.2) is 78.9 Å². The third-order valence-corrected chi connectivity index (χ3v) is 6.66. The SMILES string of the molecule is C=C1C[C@@H](C(=O)Nc2ccc3c(c2)c2ccccc2n3CC)N(C(=O)COc2ccc(Cl)cc2)C1. The molecule has 0 saturated carbocycles. The lowest BCUT2D eigenvalue weighted by Crippen LogP contribution is -2.45. The molecule has 1 aromatic heterocycles. The van der Waals surface area contributed by atoms with E-state index in [-0.39, 0.29) is 18.4 Å². The zero-order valence-electron chi connectivity index (χ0n) is 19.5. The first-order valence-electron chi connectivity index (χ1n) is 11.6. The average molecular weight is 488 g/mol. The van der Waals surface area contributed by atoms with Crippen molar-refractivity contribution in [3.63, 3.8) is 0 Å². The molecule has 3 aromatic carbocycles. The Kier molecular flexibility index (Phi) is 6.22. The van der Waals surface area contributed by atoms with E-state index in [4.69, 9.17) is 16.3 Å². The summed E-state index contributed by atoms with van der Waals surface area (Å²) in [6, 6.07) is 20.4. The molecule has 6 nitrogen and oxygen atoms in total. The Labute approximate surface area is 208 Å². The van der Waals surface area contributed by atoms with Gasteiger partial charge in [0.05, 0.1) is 0 Å². The average Bonchev–Trinajstić information content (AvgIpc) is 3.41. The number of carbonyl (C=O) groups is 2. The number of aryl methyl sites for hydroxylation is 1. The fraction of sp³-hybridized carbons (Fsp3) is 0.214.